The van der Waals surface area contributed by atoms with Crippen molar-refractivity contribution < 1.29 is 14.3 Å². The Bertz CT molecular complexity index is 802. The maximum Gasteiger partial charge on any atom is 0.227 e. The van der Waals surface area contributed by atoms with E-state index in [9.17, 15) is 4.79 Å². The van der Waals surface area contributed by atoms with Crippen LogP contribution in [0.15, 0.2) is 30.3 Å². The Kier molecular flexibility index (Phi) is 6.52. The summed E-state index contributed by atoms with van der Waals surface area (Å²) in [6.07, 6.45) is 2.61. The summed E-state index contributed by atoms with van der Waals surface area (Å²) in [5.74, 6) is 0.603. The summed E-state index contributed by atoms with van der Waals surface area (Å²) in [6.45, 7) is 10.1. The van der Waals surface area contributed by atoms with Crippen LogP contribution in [0.25, 0.3) is 5.69 Å². The van der Waals surface area contributed by atoms with E-state index in [1.807, 2.05) is 41.9 Å². The number of para-hydroxylation sites is 1. The molecule has 1 unspecified atom stereocenters. The fraction of sp³-hybridized carbons (Fsp3) is 0.545. The van der Waals surface area contributed by atoms with E-state index in [-0.39, 0.29) is 17.4 Å². The lowest BCUT2D eigenvalue weighted by Crippen LogP contribution is -2.19. The average Bonchev–Trinajstić information content (AvgIpc) is 3.29. The van der Waals surface area contributed by atoms with Crippen LogP contribution < -0.4 is 5.32 Å². The number of nitrogens with one attached hydrogen (secondary N) is 1. The molecule has 1 atom stereocenters. The predicted molar refractivity (Wildman–Crippen MR) is 110 cm³/mol. The molecule has 28 heavy (non-hydrogen) atoms. The molecular formula is C22H31N3O3. The third-order valence-corrected chi connectivity index (χ3v) is 4.89. The Labute approximate surface area is 167 Å². The first-order valence-corrected chi connectivity index (χ1v) is 10.0. The normalized spacial score (nSPS) is 17.1. The van der Waals surface area contributed by atoms with Gasteiger partial charge in [0, 0.05) is 18.1 Å². The summed E-state index contributed by atoms with van der Waals surface area (Å²) in [4.78, 5) is 12.5. The monoisotopic (exact) mass is 385 g/mol. The van der Waals surface area contributed by atoms with Gasteiger partial charge in [-0.3, -0.25) is 4.79 Å². The maximum absolute atomic E-state index is 12.5. The van der Waals surface area contributed by atoms with Gasteiger partial charge in [-0.2, -0.15) is 5.10 Å². The summed E-state index contributed by atoms with van der Waals surface area (Å²) >= 11 is 0. The Balaban J connectivity index is 1.67. The highest BCUT2D eigenvalue weighted by Crippen LogP contribution is 2.27. The van der Waals surface area contributed by atoms with Crippen LogP contribution in [0.2, 0.25) is 0 Å². The molecule has 1 fully saturated rings. The molecular weight excluding hydrogens is 354 g/mol. The number of ether oxygens (including phenoxy) is 2. The van der Waals surface area contributed by atoms with Gasteiger partial charge in [-0.05, 0) is 31.4 Å². The van der Waals surface area contributed by atoms with Crippen LogP contribution in [0.3, 0.4) is 0 Å². The zero-order valence-corrected chi connectivity index (χ0v) is 17.3. The topological polar surface area (TPSA) is 65.4 Å². The molecule has 1 aromatic heterocycles. The smallest absolute Gasteiger partial charge is 0.227 e. The fourth-order valence-corrected chi connectivity index (χ4v) is 3.18. The number of benzene rings is 1. The molecule has 0 bridgehead atoms. The summed E-state index contributed by atoms with van der Waals surface area (Å²) in [5.41, 5.74) is 2.88. The van der Waals surface area contributed by atoms with Gasteiger partial charge in [0.2, 0.25) is 5.91 Å². The van der Waals surface area contributed by atoms with Crippen LogP contribution in [0.4, 0.5) is 5.82 Å². The average molecular weight is 386 g/mol. The Morgan fingerprint density at radius 3 is 2.82 bits per heavy atom. The number of hydrogen-bond donors (Lipinski definition) is 1. The van der Waals surface area contributed by atoms with E-state index < -0.39 is 0 Å². The van der Waals surface area contributed by atoms with Gasteiger partial charge in [-0.1, -0.05) is 39.0 Å². The second-order valence-electron chi connectivity index (χ2n) is 8.37. The second-order valence-corrected chi connectivity index (χ2v) is 8.37. The number of aromatic nitrogens is 2. The van der Waals surface area contributed by atoms with Crippen molar-refractivity contribution in [1.29, 1.82) is 0 Å². The third kappa shape index (κ3) is 5.20. The van der Waals surface area contributed by atoms with Crippen LogP contribution in [-0.4, -0.2) is 41.6 Å². The third-order valence-electron chi connectivity index (χ3n) is 4.89. The van der Waals surface area contributed by atoms with Crippen molar-refractivity contribution in [3.05, 3.63) is 41.6 Å². The number of aryl methyl sites for hydroxylation is 1. The van der Waals surface area contributed by atoms with Crippen LogP contribution in [0, 0.1) is 6.92 Å². The molecule has 1 amide bonds. The molecule has 0 saturated carbocycles. The van der Waals surface area contributed by atoms with Crippen molar-refractivity contribution >= 4 is 11.7 Å². The van der Waals surface area contributed by atoms with Crippen molar-refractivity contribution in [2.24, 2.45) is 0 Å². The highest BCUT2D eigenvalue weighted by atomic mass is 16.5. The molecule has 1 aliphatic heterocycles. The lowest BCUT2D eigenvalue weighted by atomic mass is 9.92. The molecule has 0 spiro atoms. The van der Waals surface area contributed by atoms with E-state index in [4.69, 9.17) is 14.6 Å². The number of hydrogen-bond acceptors (Lipinski definition) is 4. The van der Waals surface area contributed by atoms with Gasteiger partial charge in [-0.15, -0.1) is 0 Å². The largest absolute Gasteiger partial charge is 0.378 e. The quantitative estimate of drug-likeness (QED) is 0.732. The molecule has 152 valence electrons. The number of carbonyl (C=O) groups excluding carboxylic acids is 1. The molecule has 2 aromatic rings. The number of nitrogens with zero attached hydrogens (tertiary/aromatic N) is 2. The highest BCUT2D eigenvalue weighted by molar-refractivity contribution is 5.90. The fourth-order valence-electron chi connectivity index (χ4n) is 3.18. The second kappa shape index (κ2) is 8.88. The highest BCUT2D eigenvalue weighted by Gasteiger charge is 2.22. The van der Waals surface area contributed by atoms with Crippen molar-refractivity contribution in [2.45, 2.75) is 58.5 Å². The zero-order valence-electron chi connectivity index (χ0n) is 17.3. The molecule has 1 N–H and O–H groups in total. The minimum Gasteiger partial charge on any atom is -0.378 e. The van der Waals surface area contributed by atoms with Gasteiger partial charge < -0.3 is 14.8 Å². The number of amides is 1. The van der Waals surface area contributed by atoms with E-state index in [0.29, 0.717) is 25.5 Å². The van der Waals surface area contributed by atoms with Crippen LogP contribution in [0.5, 0.6) is 0 Å². The number of anilines is 1. The van der Waals surface area contributed by atoms with E-state index in [1.54, 1.807) is 0 Å². The van der Waals surface area contributed by atoms with E-state index in [2.05, 4.69) is 26.1 Å². The summed E-state index contributed by atoms with van der Waals surface area (Å²) < 4.78 is 13.0. The minimum absolute atomic E-state index is 0.0810. The van der Waals surface area contributed by atoms with E-state index in [0.717, 1.165) is 36.4 Å². The van der Waals surface area contributed by atoms with Gasteiger partial charge in [0.25, 0.3) is 0 Å². The summed E-state index contributed by atoms with van der Waals surface area (Å²) in [7, 11) is 0. The standard InChI is InChI=1S/C22H31N3O3/c1-16-8-5-6-10-18(16)25-20(14-19(24-25)22(2,3)4)23-21(26)11-13-27-15-17-9-7-12-28-17/h5-6,8,10,14,17H,7,9,11-13,15H2,1-4H3,(H,23,26). The lowest BCUT2D eigenvalue weighted by Gasteiger charge is -2.14. The molecule has 6 heteroatoms. The van der Waals surface area contributed by atoms with Gasteiger partial charge in [0.05, 0.1) is 37.1 Å². The number of rotatable bonds is 7. The minimum atomic E-state index is -0.113. The maximum atomic E-state index is 12.5. The van der Waals surface area contributed by atoms with E-state index in [1.165, 1.54) is 0 Å². The summed E-state index contributed by atoms with van der Waals surface area (Å²) in [6, 6.07) is 9.98. The zero-order chi connectivity index (χ0) is 20.1. The van der Waals surface area contributed by atoms with Crippen molar-refractivity contribution in [1.82, 2.24) is 9.78 Å². The van der Waals surface area contributed by atoms with Crippen molar-refractivity contribution in [3.8, 4) is 5.69 Å². The molecule has 3 rings (SSSR count). The predicted octanol–water partition coefficient (Wildman–Crippen LogP) is 4.00. The van der Waals surface area contributed by atoms with Crippen molar-refractivity contribution in [3.63, 3.8) is 0 Å². The molecule has 0 aliphatic carbocycles. The summed E-state index contributed by atoms with van der Waals surface area (Å²) in [5, 5.41) is 7.78. The van der Waals surface area contributed by atoms with Gasteiger partial charge in [-0.25, -0.2) is 4.68 Å². The Morgan fingerprint density at radius 2 is 2.14 bits per heavy atom. The first-order chi connectivity index (χ1) is 13.3. The molecule has 0 radical (unpaired) electrons. The molecule has 1 aromatic carbocycles. The van der Waals surface area contributed by atoms with Crippen LogP contribution in [0.1, 0.15) is 51.3 Å². The van der Waals surface area contributed by atoms with Gasteiger partial charge in [0.15, 0.2) is 0 Å². The van der Waals surface area contributed by atoms with Crippen LogP contribution in [-0.2, 0) is 19.7 Å². The SMILES string of the molecule is Cc1ccccc1-n1nc(C(C)(C)C)cc1NC(=O)CCOCC1CCCO1. The lowest BCUT2D eigenvalue weighted by molar-refractivity contribution is -0.117. The molecule has 1 aliphatic rings. The number of carbonyl (C=O) groups is 1. The Hall–Kier alpha value is -2.18. The first-order valence-electron chi connectivity index (χ1n) is 10.0. The van der Waals surface area contributed by atoms with Crippen LogP contribution >= 0.6 is 0 Å². The molecule has 1 saturated heterocycles. The van der Waals surface area contributed by atoms with Crippen molar-refractivity contribution in [2.75, 3.05) is 25.1 Å². The van der Waals surface area contributed by atoms with Gasteiger partial charge in [0.1, 0.15) is 5.82 Å². The van der Waals surface area contributed by atoms with Gasteiger partial charge >= 0.3 is 0 Å². The first kappa shape index (κ1) is 20.6. The Morgan fingerprint density at radius 1 is 1.36 bits per heavy atom. The molecule has 6 nitrogen and oxygen atoms in total. The van der Waals surface area contributed by atoms with E-state index >= 15 is 0 Å². The molecule has 2 heterocycles.